The van der Waals surface area contributed by atoms with E-state index in [0.29, 0.717) is 24.3 Å². The average molecular weight is 412 g/mol. The van der Waals surface area contributed by atoms with Crippen molar-refractivity contribution in [2.75, 3.05) is 0 Å². The maximum absolute atomic E-state index is 14.1. The second-order valence-corrected chi connectivity index (χ2v) is 5.65. The Morgan fingerprint density at radius 1 is 0.750 bits per heavy atom. The monoisotopic (exact) mass is 412 g/mol. The van der Waals surface area contributed by atoms with Crippen molar-refractivity contribution >= 4 is 6.08 Å². The van der Waals surface area contributed by atoms with E-state index in [1.165, 1.54) is 24.3 Å². The maximum atomic E-state index is 14.1. The molecule has 0 spiro atoms. The van der Waals surface area contributed by atoms with Crippen LogP contribution in [0.4, 0.5) is 35.1 Å². The number of alkyl halides is 8. The Kier molecular flexibility index (Phi) is 5.74. The summed E-state index contributed by atoms with van der Waals surface area (Å²) in [5.74, 6) is -6.49. The van der Waals surface area contributed by atoms with E-state index in [2.05, 4.69) is 4.74 Å². The highest BCUT2D eigenvalue weighted by Crippen LogP contribution is 2.49. The number of ether oxygens (including phenoxy) is 1. The topological polar surface area (TPSA) is 29.5 Å². The van der Waals surface area contributed by atoms with Gasteiger partial charge in [-0.15, -0.1) is 13.2 Å². The number of hydrogen-bond donors (Lipinski definition) is 1. The third-order valence-corrected chi connectivity index (χ3v) is 3.68. The van der Waals surface area contributed by atoms with Crippen molar-refractivity contribution in [3.63, 3.8) is 0 Å². The minimum Gasteiger partial charge on any atom is -0.406 e. The van der Waals surface area contributed by atoms with Gasteiger partial charge in [-0.05, 0) is 29.3 Å². The van der Waals surface area contributed by atoms with Gasteiger partial charge in [0.1, 0.15) is 5.75 Å². The number of aliphatic hydroxyl groups is 1. The third kappa shape index (κ3) is 4.61. The van der Waals surface area contributed by atoms with Gasteiger partial charge >= 0.3 is 18.5 Å². The van der Waals surface area contributed by atoms with Crippen molar-refractivity contribution in [1.82, 2.24) is 0 Å². The molecule has 0 aliphatic heterocycles. The number of benzene rings is 2. The SMILES string of the molecule is OC(/C=C/c1ccccc1)(c1ccc(OC(F)(F)F)cc1)C(F)(F)C(F)(F)F. The molecule has 0 aliphatic rings. The molecule has 0 saturated heterocycles. The lowest BCUT2D eigenvalue weighted by Crippen LogP contribution is -2.53. The van der Waals surface area contributed by atoms with Crippen LogP contribution in [0.3, 0.4) is 0 Å². The molecule has 0 amide bonds. The van der Waals surface area contributed by atoms with Gasteiger partial charge in [-0.1, -0.05) is 48.5 Å². The lowest BCUT2D eigenvalue weighted by molar-refractivity contribution is -0.334. The van der Waals surface area contributed by atoms with Crippen molar-refractivity contribution in [3.8, 4) is 5.75 Å². The second kappa shape index (κ2) is 7.42. The van der Waals surface area contributed by atoms with Crippen molar-refractivity contribution in [1.29, 1.82) is 0 Å². The van der Waals surface area contributed by atoms with E-state index < -0.39 is 35.4 Å². The summed E-state index contributed by atoms with van der Waals surface area (Å²) in [5, 5.41) is 10.3. The van der Waals surface area contributed by atoms with Crippen LogP contribution in [-0.4, -0.2) is 23.6 Å². The van der Waals surface area contributed by atoms with Crippen LogP contribution < -0.4 is 4.74 Å². The molecule has 2 rings (SSSR count). The molecule has 1 atom stereocenters. The fraction of sp³-hybridized carbons (Fsp3) is 0.222. The summed E-state index contributed by atoms with van der Waals surface area (Å²) < 4.78 is 107. The predicted molar refractivity (Wildman–Crippen MR) is 83.5 cm³/mol. The molecule has 0 aromatic heterocycles. The lowest BCUT2D eigenvalue weighted by Gasteiger charge is -2.35. The Labute approximate surface area is 153 Å². The fourth-order valence-electron chi connectivity index (χ4n) is 2.29. The van der Waals surface area contributed by atoms with Crippen molar-refractivity contribution < 1.29 is 45.0 Å². The Hall–Kier alpha value is -2.62. The maximum Gasteiger partial charge on any atom is 0.573 e. The van der Waals surface area contributed by atoms with E-state index in [4.69, 9.17) is 0 Å². The molecule has 2 nitrogen and oxygen atoms in total. The lowest BCUT2D eigenvalue weighted by atomic mass is 9.85. The van der Waals surface area contributed by atoms with E-state index in [-0.39, 0.29) is 11.6 Å². The smallest absolute Gasteiger partial charge is 0.406 e. The summed E-state index contributed by atoms with van der Waals surface area (Å²) in [5.41, 5.74) is -4.63. The summed E-state index contributed by atoms with van der Waals surface area (Å²) in [6.07, 6.45) is -10.1. The normalized spacial score (nSPS) is 15.5. The molecular weight excluding hydrogens is 400 g/mol. The van der Waals surface area contributed by atoms with Gasteiger partial charge in [0, 0.05) is 0 Å². The zero-order valence-corrected chi connectivity index (χ0v) is 13.7. The van der Waals surface area contributed by atoms with Crippen LogP contribution in [0, 0.1) is 0 Å². The predicted octanol–water partition coefficient (Wildman–Crippen LogP) is 5.68. The van der Waals surface area contributed by atoms with Crippen LogP contribution in [0.2, 0.25) is 0 Å². The zero-order valence-electron chi connectivity index (χ0n) is 13.7. The van der Waals surface area contributed by atoms with Gasteiger partial charge in [0.25, 0.3) is 0 Å². The molecule has 152 valence electrons. The van der Waals surface area contributed by atoms with E-state index >= 15 is 0 Å². The minimum absolute atomic E-state index is 0.218. The van der Waals surface area contributed by atoms with Gasteiger partial charge in [-0.3, -0.25) is 0 Å². The number of halogens is 8. The first-order chi connectivity index (χ1) is 12.8. The summed E-state index contributed by atoms with van der Waals surface area (Å²) in [6.45, 7) is 0. The fourth-order valence-corrected chi connectivity index (χ4v) is 2.29. The quantitative estimate of drug-likeness (QED) is 0.640. The van der Waals surface area contributed by atoms with E-state index in [1.54, 1.807) is 6.07 Å². The first-order valence-corrected chi connectivity index (χ1v) is 7.54. The van der Waals surface area contributed by atoms with Crippen molar-refractivity contribution in [3.05, 3.63) is 71.8 Å². The van der Waals surface area contributed by atoms with Gasteiger partial charge in [0.05, 0.1) is 0 Å². The van der Waals surface area contributed by atoms with Crippen LogP contribution in [-0.2, 0) is 5.60 Å². The van der Waals surface area contributed by atoms with Gasteiger partial charge in [0.2, 0.25) is 0 Å². The second-order valence-electron chi connectivity index (χ2n) is 5.65. The number of hydrogen-bond acceptors (Lipinski definition) is 2. The van der Waals surface area contributed by atoms with Crippen LogP contribution >= 0.6 is 0 Å². The minimum atomic E-state index is -6.14. The highest BCUT2D eigenvalue weighted by atomic mass is 19.4. The molecule has 2 aromatic rings. The summed E-state index contributed by atoms with van der Waals surface area (Å²) in [6, 6.07) is 9.38. The Balaban J connectivity index is 2.51. The van der Waals surface area contributed by atoms with Crippen molar-refractivity contribution in [2.45, 2.75) is 24.1 Å². The van der Waals surface area contributed by atoms with Crippen LogP contribution in [0.15, 0.2) is 60.7 Å². The summed E-state index contributed by atoms with van der Waals surface area (Å²) in [4.78, 5) is 0. The van der Waals surface area contributed by atoms with E-state index in [0.717, 1.165) is 6.08 Å². The Morgan fingerprint density at radius 2 is 1.29 bits per heavy atom. The third-order valence-electron chi connectivity index (χ3n) is 3.68. The Bertz CT molecular complexity index is 810. The molecule has 10 heteroatoms. The van der Waals surface area contributed by atoms with E-state index in [1.807, 2.05) is 0 Å². The highest BCUT2D eigenvalue weighted by molar-refractivity contribution is 5.52. The van der Waals surface area contributed by atoms with Crippen LogP contribution in [0.1, 0.15) is 11.1 Å². The highest BCUT2D eigenvalue weighted by Gasteiger charge is 2.69. The van der Waals surface area contributed by atoms with Gasteiger partial charge in [-0.2, -0.15) is 22.0 Å². The molecule has 1 unspecified atom stereocenters. The van der Waals surface area contributed by atoms with Gasteiger partial charge < -0.3 is 9.84 Å². The summed E-state index contributed by atoms with van der Waals surface area (Å²) in [7, 11) is 0. The molecule has 1 N–H and O–H groups in total. The van der Waals surface area contributed by atoms with Gasteiger partial charge in [0.15, 0.2) is 5.60 Å². The summed E-state index contributed by atoms with van der Waals surface area (Å²) >= 11 is 0. The molecule has 28 heavy (non-hydrogen) atoms. The molecule has 0 saturated carbocycles. The Morgan fingerprint density at radius 3 is 1.75 bits per heavy atom. The molecule has 2 aromatic carbocycles. The molecule has 0 radical (unpaired) electrons. The van der Waals surface area contributed by atoms with Crippen LogP contribution in [0.5, 0.6) is 5.75 Å². The molecule has 0 aliphatic carbocycles. The molecule has 0 fully saturated rings. The number of rotatable bonds is 5. The first-order valence-electron chi connectivity index (χ1n) is 7.54. The molecule has 0 bridgehead atoms. The van der Waals surface area contributed by atoms with E-state index in [9.17, 15) is 40.2 Å². The molecule has 0 heterocycles. The van der Waals surface area contributed by atoms with Gasteiger partial charge in [-0.25, -0.2) is 0 Å². The largest absolute Gasteiger partial charge is 0.573 e. The first kappa shape index (κ1) is 21.7. The van der Waals surface area contributed by atoms with Crippen molar-refractivity contribution in [2.24, 2.45) is 0 Å². The molecular formula is C18H12F8O2. The standard InChI is InChI=1S/C18H12F8O2/c19-16(20,17(21,22)23)15(27,11-10-12-4-2-1-3-5-12)13-6-8-14(9-7-13)28-18(24,25)26/h1-11,27H/b11-10+. The average Bonchev–Trinajstić information content (AvgIpc) is 2.58. The zero-order chi connectivity index (χ0) is 21.2. The van der Waals surface area contributed by atoms with Crippen LogP contribution in [0.25, 0.3) is 6.08 Å².